The van der Waals surface area contributed by atoms with E-state index in [4.69, 9.17) is 14.0 Å². The Kier molecular flexibility index (Phi) is 5.06. The molecule has 1 heterocycles. The van der Waals surface area contributed by atoms with E-state index in [1.807, 2.05) is 36.4 Å². The molecule has 0 unspecified atom stereocenters. The summed E-state index contributed by atoms with van der Waals surface area (Å²) in [6, 6.07) is 14.5. The zero-order chi connectivity index (χ0) is 17.6. The maximum Gasteiger partial charge on any atom is 0.260 e. The van der Waals surface area contributed by atoms with E-state index in [-0.39, 0.29) is 12.5 Å². The zero-order valence-corrected chi connectivity index (χ0v) is 13.9. The average Bonchev–Trinajstić information content (AvgIpc) is 3.12. The molecule has 0 saturated carbocycles. The molecule has 2 aromatic carbocycles. The quantitative estimate of drug-likeness (QED) is 0.743. The SMILES string of the molecule is COCC(=O)Nc1ccccc1-c1nc(-c2ccc(OC)cc2)no1. The van der Waals surface area contributed by atoms with Crippen LogP contribution in [0.1, 0.15) is 0 Å². The Labute approximate surface area is 144 Å². The first-order valence-electron chi connectivity index (χ1n) is 7.57. The Hall–Kier alpha value is -3.19. The summed E-state index contributed by atoms with van der Waals surface area (Å²) in [6.07, 6.45) is 0. The molecule has 3 aromatic rings. The van der Waals surface area contributed by atoms with Crippen molar-refractivity contribution < 1.29 is 18.8 Å². The number of benzene rings is 2. The van der Waals surface area contributed by atoms with E-state index in [1.54, 1.807) is 19.2 Å². The van der Waals surface area contributed by atoms with Gasteiger partial charge in [-0.25, -0.2) is 0 Å². The third-order valence-corrected chi connectivity index (χ3v) is 3.48. The molecule has 0 radical (unpaired) electrons. The van der Waals surface area contributed by atoms with E-state index in [1.165, 1.54) is 7.11 Å². The van der Waals surface area contributed by atoms with Crippen molar-refractivity contribution in [3.05, 3.63) is 48.5 Å². The number of rotatable bonds is 6. The average molecular weight is 339 g/mol. The first kappa shape index (κ1) is 16.7. The Morgan fingerprint density at radius 2 is 1.88 bits per heavy atom. The van der Waals surface area contributed by atoms with Crippen LogP contribution in [0.4, 0.5) is 5.69 Å². The lowest BCUT2D eigenvalue weighted by Gasteiger charge is -2.07. The van der Waals surface area contributed by atoms with E-state index in [0.717, 1.165) is 11.3 Å². The third-order valence-electron chi connectivity index (χ3n) is 3.48. The van der Waals surface area contributed by atoms with Crippen LogP contribution in [0.15, 0.2) is 53.1 Å². The molecule has 7 heteroatoms. The number of hydrogen-bond acceptors (Lipinski definition) is 6. The van der Waals surface area contributed by atoms with Crippen LogP contribution in [0.5, 0.6) is 5.75 Å². The Bertz CT molecular complexity index is 859. The van der Waals surface area contributed by atoms with Crippen LogP contribution < -0.4 is 10.1 Å². The summed E-state index contributed by atoms with van der Waals surface area (Å²) in [7, 11) is 3.07. The first-order chi connectivity index (χ1) is 12.2. The molecule has 128 valence electrons. The number of nitrogens with one attached hydrogen (secondary N) is 1. The number of nitrogens with zero attached hydrogens (tertiary/aromatic N) is 2. The van der Waals surface area contributed by atoms with Crippen molar-refractivity contribution in [2.75, 3.05) is 26.1 Å². The summed E-state index contributed by atoms with van der Waals surface area (Å²) in [6.45, 7) is -0.0325. The predicted octanol–water partition coefficient (Wildman–Crippen LogP) is 3.00. The molecule has 0 saturated heterocycles. The second-order valence-corrected chi connectivity index (χ2v) is 5.18. The molecule has 1 amide bonds. The van der Waals surface area contributed by atoms with Gasteiger partial charge in [0.1, 0.15) is 12.4 Å². The lowest BCUT2D eigenvalue weighted by Crippen LogP contribution is -2.17. The van der Waals surface area contributed by atoms with Crippen molar-refractivity contribution >= 4 is 11.6 Å². The summed E-state index contributed by atoms with van der Waals surface area (Å²) in [5.74, 6) is 1.26. The van der Waals surface area contributed by atoms with Gasteiger partial charge in [-0.1, -0.05) is 17.3 Å². The fourth-order valence-corrected chi connectivity index (χ4v) is 2.29. The van der Waals surface area contributed by atoms with Gasteiger partial charge in [-0.2, -0.15) is 4.98 Å². The van der Waals surface area contributed by atoms with Gasteiger partial charge in [0.15, 0.2) is 0 Å². The van der Waals surface area contributed by atoms with Gasteiger partial charge < -0.3 is 19.3 Å². The highest BCUT2D eigenvalue weighted by atomic mass is 16.5. The largest absolute Gasteiger partial charge is 0.497 e. The van der Waals surface area contributed by atoms with E-state index in [0.29, 0.717) is 23.0 Å². The number of carbonyl (C=O) groups is 1. The van der Waals surface area contributed by atoms with Gasteiger partial charge in [-0.05, 0) is 36.4 Å². The molecule has 0 bridgehead atoms. The molecule has 1 aromatic heterocycles. The number of hydrogen-bond donors (Lipinski definition) is 1. The Balaban J connectivity index is 1.88. The van der Waals surface area contributed by atoms with Gasteiger partial charge >= 0.3 is 0 Å². The van der Waals surface area contributed by atoms with Gasteiger partial charge in [0.05, 0.1) is 18.4 Å². The molecule has 7 nitrogen and oxygen atoms in total. The maximum atomic E-state index is 11.8. The van der Waals surface area contributed by atoms with E-state index < -0.39 is 0 Å². The van der Waals surface area contributed by atoms with Crippen molar-refractivity contribution in [1.82, 2.24) is 10.1 Å². The maximum absolute atomic E-state index is 11.8. The van der Waals surface area contributed by atoms with Crippen LogP contribution in [-0.2, 0) is 9.53 Å². The lowest BCUT2D eigenvalue weighted by molar-refractivity contribution is -0.119. The van der Waals surface area contributed by atoms with Gasteiger partial charge in [-0.15, -0.1) is 0 Å². The molecule has 1 N–H and O–H groups in total. The fraction of sp³-hybridized carbons (Fsp3) is 0.167. The van der Waals surface area contributed by atoms with Gasteiger partial charge in [0.2, 0.25) is 11.7 Å². The molecular weight excluding hydrogens is 322 g/mol. The number of para-hydroxylation sites is 1. The number of carbonyl (C=O) groups excluding carboxylic acids is 1. The second-order valence-electron chi connectivity index (χ2n) is 5.18. The molecule has 0 aliphatic rings. The highest BCUT2D eigenvalue weighted by molar-refractivity contribution is 5.95. The van der Waals surface area contributed by atoms with E-state index in [2.05, 4.69) is 15.5 Å². The summed E-state index contributed by atoms with van der Waals surface area (Å²) < 4.78 is 15.3. The van der Waals surface area contributed by atoms with Crippen LogP contribution in [0.25, 0.3) is 22.8 Å². The van der Waals surface area contributed by atoms with Crippen LogP contribution in [0.3, 0.4) is 0 Å². The molecule has 25 heavy (non-hydrogen) atoms. The van der Waals surface area contributed by atoms with E-state index in [9.17, 15) is 4.79 Å². The molecular formula is C18H17N3O4. The van der Waals surface area contributed by atoms with Gasteiger partial charge in [-0.3, -0.25) is 4.79 Å². The third kappa shape index (κ3) is 3.84. The smallest absolute Gasteiger partial charge is 0.260 e. The highest BCUT2D eigenvalue weighted by Crippen LogP contribution is 2.28. The molecule has 0 fully saturated rings. The van der Waals surface area contributed by atoms with Crippen molar-refractivity contribution in [2.24, 2.45) is 0 Å². The summed E-state index contributed by atoms with van der Waals surface area (Å²) in [4.78, 5) is 16.2. The second kappa shape index (κ2) is 7.59. The van der Waals surface area contributed by atoms with Crippen LogP contribution >= 0.6 is 0 Å². The number of anilines is 1. The summed E-state index contributed by atoms with van der Waals surface area (Å²) >= 11 is 0. The van der Waals surface area contributed by atoms with E-state index >= 15 is 0 Å². The summed E-state index contributed by atoms with van der Waals surface area (Å²) in [5, 5.41) is 6.78. The van der Waals surface area contributed by atoms with Crippen molar-refractivity contribution in [3.8, 4) is 28.6 Å². The van der Waals surface area contributed by atoms with Crippen LogP contribution in [0, 0.1) is 0 Å². The molecule has 3 rings (SSSR count). The minimum atomic E-state index is -0.259. The Morgan fingerprint density at radius 3 is 2.60 bits per heavy atom. The fourth-order valence-electron chi connectivity index (χ4n) is 2.29. The normalized spacial score (nSPS) is 10.5. The molecule has 0 atom stereocenters. The standard InChI is InChI=1S/C18H17N3O4/c1-23-11-16(22)19-15-6-4-3-5-14(15)18-20-17(21-25-18)12-7-9-13(24-2)10-8-12/h3-10H,11H2,1-2H3,(H,19,22). The molecule has 0 aliphatic heterocycles. The van der Waals surface area contributed by atoms with Crippen molar-refractivity contribution in [1.29, 1.82) is 0 Å². The van der Waals surface area contributed by atoms with Crippen molar-refractivity contribution in [2.45, 2.75) is 0 Å². The van der Waals surface area contributed by atoms with Crippen LogP contribution in [-0.4, -0.2) is 36.9 Å². The number of ether oxygens (including phenoxy) is 2. The highest BCUT2D eigenvalue weighted by Gasteiger charge is 2.15. The van der Waals surface area contributed by atoms with Gasteiger partial charge in [0.25, 0.3) is 5.89 Å². The molecule has 0 spiro atoms. The number of aromatic nitrogens is 2. The topological polar surface area (TPSA) is 86.5 Å². The minimum absolute atomic E-state index is 0.0325. The Morgan fingerprint density at radius 1 is 1.12 bits per heavy atom. The van der Waals surface area contributed by atoms with Crippen molar-refractivity contribution in [3.63, 3.8) is 0 Å². The summed E-state index contributed by atoms with van der Waals surface area (Å²) in [5.41, 5.74) is 2.02. The monoisotopic (exact) mass is 339 g/mol. The first-order valence-corrected chi connectivity index (χ1v) is 7.57. The molecule has 0 aliphatic carbocycles. The number of amides is 1. The number of methoxy groups -OCH3 is 2. The van der Waals surface area contributed by atoms with Gasteiger partial charge in [0, 0.05) is 12.7 Å². The lowest BCUT2D eigenvalue weighted by atomic mass is 10.1. The van der Waals surface area contributed by atoms with Crippen LogP contribution in [0.2, 0.25) is 0 Å². The minimum Gasteiger partial charge on any atom is -0.497 e. The zero-order valence-electron chi connectivity index (χ0n) is 13.9. The predicted molar refractivity (Wildman–Crippen MR) is 92.2 cm³/mol.